The lowest BCUT2D eigenvalue weighted by atomic mass is 9.82. The molecule has 4 rings (SSSR count). The highest BCUT2D eigenvalue weighted by atomic mass is 16.7. The lowest BCUT2D eigenvalue weighted by Crippen LogP contribution is -2.66. The fourth-order valence-electron chi connectivity index (χ4n) is 8.31. The van der Waals surface area contributed by atoms with Gasteiger partial charge in [-0.25, -0.2) is 0 Å². The van der Waals surface area contributed by atoms with Crippen molar-refractivity contribution in [1.82, 2.24) is 4.90 Å². The lowest BCUT2D eigenvalue weighted by Gasteiger charge is -2.50. The maximum Gasteiger partial charge on any atom is 0.309 e. The van der Waals surface area contributed by atoms with Crippen molar-refractivity contribution in [3.8, 4) is 0 Å². The number of carbonyl (C=O) groups is 4. The van der Waals surface area contributed by atoms with Crippen LogP contribution in [-0.4, -0.2) is 163 Å². The Morgan fingerprint density at radius 3 is 2.28 bits per heavy atom. The van der Waals surface area contributed by atoms with E-state index < -0.39 is 121 Å². The standard InChI is InChI=1S/C40H65NO16/c1-11-30(45)55-29-18-31(46)50-21(3)17-28-27(54-28)13-12-26(44)20(2)16-25(14-15-42)36(37(29)49-10)57-39-34(47)33(41(8)9)35(22(4)52-39)56-32-19-40(7,48)38(23(5)51-32)53-24(6)43/h12-13,15,20-23,25-29,32-39,44,47-48H,11,14,16-19H2,1-10H3/b13-12+. The first kappa shape index (κ1) is 47.1. The van der Waals surface area contributed by atoms with Crippen LogP contribution in [0.2, 0.25) is 0 Å². The number of esters is 3. The predicted octanol–water partition coefficient (Wildman–Crippen LogP) is 1.59. The number of cyclic esters (lactones) is 1. The van der Waals surface area contributed by atoms with Crippen molar-refractivity contribution in [3.63, 3.8) is 0 Å². The number of hydrogen-bond acceptors (Lipinski definition) is 17. The maximum absolute atomic E-state index is 13.4. The second-order valence-corrected chi connectivity index (χ2v) is 16.4. The van der Waals surface area contributed by atoms with Gasteiger partial charge in [-0.05, 0) is 60.0 Å². The van der Waals surface area contributed by atoms with Crippen LogP contribution in [0.5, 0.6) is 0 Å². The first-order valence-electron chi connectivity index (χ1n) is 20.0. The Bertz CT molecular complexity index is 1380. The van der Waals surface area contributed by atoms with E-state index in [4.69, 9.17) is 42.6 Å². The molecule has 0 aromatic heterocycles. The van der Waals surface area contributed by atoms with E-state index >= 15 is 0 Å². The molecule has 0 bridgehead atoms. The Hall–Kier alpha value is -2.58. The minimum absolute atomic E-state index is 0.00512. The molecule has 57 heavy (non-hydrogen) atoms. The van der Waals surface area contributed by atoms with Crippen LogP contribution >= 0.6 is 0 Å². The fraction of sp³-hybridized carbons (Fsp3) is 0.850. The second-order valence-electron chi connectivity index (χ2n) is 16.4. The summed E-state index contributed by atoms with van der Waals surface area (Å²) in [7, 11) is 4.85. The summed E-state index contributed by atoms with van der Waals surface area (Å²) < 4.78 is 54.1. The summed E-state index contributed by atoms with van der Waals surface area (Å²) in [6.07, 6.45) is -8.23. The fourth-order valence-corrected chi connectivity index (χ4v) is 8.31. The third-order valence-electron chi connectivity index (χ3n) is 11.3. The molecule has 4 aliphatic rings. The van der Waals surface area contributed by atoms with Gasteiger partial charge in [0.25, 0.3) is 0 Å². The Morgan fingerprint density at radius 2 is 1.68 bits per heavy atom. The van der Waals surface area contributed by atoms with Crippen molar-refractivity contribution in [2.45, 2.75) is 184 Å². The largest absolute Gasteiger partial charge is 0.462 e. The van der Waals surface area contributed by atoms with Crippen molar-refractivity contribution >= 4 is 24.2 Å². The van der Waals surface area contributed by atoms with Gasteiger partial charge in [-0.2, -0.15) is 0 Å². The Labute approximate surface area is 335 Å². The maximum atomic E-state index is 13.4. The van der Waals surface area contributed by atoms with Gasteiger partial charge in [-0.3, -0.25) is 14.4 Å². The summed E-state index contributed by atoms with van der Waals surface area (Å²) in [5.41, 5.74) is -1.49. The molecule has 0 aromatic carbocycles. The first-order valence-corrected chi connectivity index (χ1v) is 20.0. The summed E-state index contributed by atoms with van der Waals surface area (Å²) in [6.45, 7) is 11.3. The molecule has 0 spiro atoms. The Balaban J connectivity index is 1.68. The van der Waals surface area contributed by atoms with Crippen LogP contribution in [-0.2, 0) is 61.8 Å². The van der Waals surface area contributed by atoms with Crippen LogP contribution in [0.25, 0.3) is 0 Å². The lowest BCUT2D eigenvalue weighted by molar-refractivity contribution is -0.344. The zero-order chi connectivity index (χ0) is 42.4. The van der Waals surface area contributed by atoms with Gasteiger partial charge in [0.2, 0.25) is 0 Å². The second kappa shape index (κ2) is 20.6. The normalized spacial score (nSPS) is 44.0. The molecule has 4 heterocycles. The van der Waals surface area contributed by atoms with Crippen molar-refractivity contribution in [2.24, 2.45) is 11.8 Å². The molecule has 0 amide bonds. The van der Waals surface area contributed by atoms with Crippen LogP contribution in [0.1, 0.15) is 87.0 Å². The average molecular weight is 816 g/mol. The molecule has 3 N–H and O–H groups in total. The van der Waals surface area contributed by atoms with Gasteiger partial charge in [0.05, 0.1) is 43.0 Å². The zero-order valence-corrected chi connectivity index (χ0v) is 34.9. The SMILES string of the molecule is CCC(=O)OC1CC(=O)OC(C)CC2OC2/C=C/C(O)C(C)CC(CC=O)C(OC2OC(C)C(OC3CC(C)(O)C(OC(C)=O)C(C)O3)C(N(C)C)C2O)C1OC. The number of aldehydes is 1. The number of fused-ring (bicyclic) bond motifs is 1. The molecule has 0 aromatic rings. The molecule has 0 aliphatic carbocycles. The highest BCUT2D eigenvalue weighted by molar-refractivity contribution is 5.72. The number of methoxy groups -OCH3 is 1. The number of likely N-dealkylation sites (N-methyl/N-ethyl adjacent to an activating group) is 1. The molecule has 17 nitrogen and oxygen atoms in total. The first-order chi connectivity index (χ1) is 26.8. The highest BCUT2D eigenvalue weighted by Crippen LogP contribution is 2.38. The van der Waals surface area contributed by atoms with E-state index in [2.05, 4.69) is 0 Å². The number of aliphatic hydroxyl groups excluding tert-OH is 2. The van der Waals surface area contributed by atoms with Crippen LogP contribution in [0.15, 0.2) is 12.2 Å². The number of ether oxygens (including phenoxy) is 9. The number of nitrogens with zero attached hydrogens (tertiary/aromatic N) is 1. The molecule has 3 saturated heterocycles. The van der Waals surface area contributed by atoms with Crippen molar-refractivity contribution < 1.29 is 77.1 Å². The smallest absolute Gasteiger partial charge is 0.309 e. The highest BCUT2D eigenvalue weighted by Gasteiger charge is 2.53. The molecular formula is C40H65NO16. The quantitative estimate of drug-likeness (QED) is 0.0887. The summed E-state index contributed by atoms with van der Waals surface area (Å²) in [5, 5.41) is 34.5. The summed E-state index contributed by atoms with van der Waals surface area (Å²) in [5.74, 6) is -2.95. The van der Waals surface area contributed by atoms with E-state index in [0.29, 0.717) is 12.7 Å². The van der Waals surface area contributed by atoms with Crippen molar-refractivity contribution in [3.05, 3.63) is 12.2 Å². The molecule has 18 unspecified atom stereocenters. The van der Waals surface area contributed by atoms with E-state index in [1.54, 1.807) is 58.8 Å². The van der Waals surface area contributed by atoms with E-state index in [1.165, 1.54) is 21.0 Å². The summed E-state index contributed by atoms with van der Waals surface area (Å²) in [6, 6.07) is -0.782. The molecule has 326 valence electrons. The molecule has 0 saturated carbocycles. The van der Waals surface area contributed by atoms with Crippen LogP contribution in [0, 0.1) is 11.8 Å². The van der Waals surface area contributed by atoms with Crippen LogP contribution in [0.3, 0.4) is 0 Å². The van der Waals surface area contributed by atoms with Crippen LogP contribution < -0.4 is 0 Å². The third-order valence-corrected chi connectivity index (χ3v) is 11.3. The van der Waals surface area contributed by atoms with Gasteiger partial charge in [0.1, 0.15) is 48.5 Å². The van der Waals surface area contributed by atoms with Crippen LogP contribution in [0.4, 0.5) is 0 Å². The molecule has 4 aliphatic heterocycles. The van der Waals surface area contributed by atoms with E-state index in [0.717, 1.165) is 0 Å². The number of rotatable bonds is 11. The van der Waals surface area contributed by atoms with Gasteiger partial charge >= 0.3 is 17.9 Å². The zero-order valence-electron chi connectivity index (χ0n) is 34.9. The van der Waals surface area contributed by atoms with Gasteiger partial charge in [0, 0.05) is 39.7 Å². The molecular weight excluding hydrogens is 750 g/mol. The van der Waals surface area contributed by atoms with E-state index in [-0.39, 0.29) is 37.9 Å². The predicted molar refractivity (Wildman–Crippen MR) is 200 cm³/mol. The topological polar surface area (TPSA) is 219 Å². The van der Waals surface area contributed by atoms with Gasteiger partial charge in [-0.1, -0.05) is 26.0 Å². The molecule has 17 heteroatoms. The molecule has 18 atom stereocenters. The minimum atomic E-state index is -1.49. The number of aliphatic hydroxyl groups is 3. The number of carbonyl (C=O) groups excluding carboxylic acids is 4. The Kier molecular flexibility index (Phi) is 17.0. The van der Waals surface area contributed by atoms with E-state index in [9.17, 15) is 34.5 Å². The molecule has 0 radical (unpaired) electrons. The van der Waals surface area contributed by atoms with Crippen molar-refractivity contribution in [1.29, 1.82) is 0 Å². The average Bonchev–Trinajstić information content (AvgIpc) is 3.86. The summed E-state index contributed by atoms with van der Waals surface area (Å²) in [4.78, 5) is 52.0. The number of hydrogen-bond donors (Lipinski definition) is 3. The minimum Gasteiger partial charge on any atom is -0.462 e. The van der Waals surface area contributed by atoms with Gasteiger partial charge in [0.15, 0.2) is 18.7 Å². The van der Waals surface area contributed by atoms with Gasteiger partial charge in [-0.15, -0.1) is 0 Å². The third kappa shape index (κ3) is 12.5. The summed E-state index contributed by atoms with van der Waals surface area (Å²) >= 11 is 0. The monoisotopic (exact) mass is 815 g/mol. The Morgan fingerprint density at radius 1 is 0.982 bits per heavy atom. The van der Waals surface area contributed by atoms with Gasteiger partial charge < -0.3 is 67.6 Å². The number of epoxide rings is 1. The molecule has 3 fully saturated rings. The van der Waals surface area contributed by atoms with Crippen molar-refractivity contribution in [2.75, 3.05) is 21.2 Å². The van der Waals surface area contributed by atoms with E-state index in [1.807, 2.05) is 6.92 Å².